The van der Waals surface area contributed by atoms with Crippen LogP contribution in [0, 0.1) is 29.5 Å². The lowest BCUT2D eigenvalue weighted by Gasteiger charge is -2.35. The van der Waals surface area contributed by atoms with Gasteiger partial charge in [0.25, 0.3) is 5.91 Å². The summed E-state index contributed by atoms with van der Waals surface area (Å²) in [6.07, 6.45) is 5.74. The minimum Gasteiger partial charge on any atom is -0.340 e. The Balaban J connectivity index is 1.29. The van der Waals surface area contributed by atoms with Crippen LogP contribution >= 0.6 is 0 Å². The number of hydrogen-bond donors (Lipinski definition) is 2. The zero-order valence-electron chi connectivity index (χ0n) is 24.6. The van der Waals surface area contributed by atoms with Crippen LogP contribution in [0.5, 0.6) is 0 Å². The van der Waals surface area contributed by atoms with E-state index in [2.05, 4.69) is 20.6 Å². The molecule has 3 amide bonds. The Hall–Kier alpha value is -3.27. The number of amides is 3. The summed E-state index contributed by atoms with van der Waals surface area (Å²) < 4.78 is 17.0. The fraction of sp³-hybridized carbons (Fsp3) is 0.613. The van der Waals surface area contributed by atoms with E-state index in [0.29, 0.717) is 42.7 Å². The molecule has 41 heavy (non-hydrogen) atoms. The van der Waals surface area contributed by atoms with Gasteiger partial charge in [0.1, 0.15) is 17.6 Å². The van der Waals surface area contributed by atoms with Gasteiger partial charge >= 0.3 is 0 Å². The predicted octanol–water partition coefficient (Wildman–Crippen LogP) is 3.73. The Morgan fingerprint density at radius 2 is 1.68 bits per heavy atom. The maximum Gasteiger partial charge on any atom is 0.270 e. The molecule has 3 fully saturated rings. The minimum absolute atomic E-state index is 0.0285. The van der Waals surface area contributed by atoms with Crippen LogP contribution in [0.15, 0.2) is 30.5 Å². The second-order valence-corrected chi connectivity index (χ2v) is 12.2. The third kappa shape index (κ3) is 6.63. The normalized spacial score (nSPS) is 20.0. The fourth-order valence-electron chi connectivity index (χ4n) is 6.16. The molecule has 3 atom stereocenters. The van der Waals surface area contributed by atoms with Gasteiger partial charge in [-0.1, -0.05) is 19.9 Å². The summed E-state index contributed by atoms with van der Waals surface area (Å²) in [7, 11) is 2.05. The number of benzene rings is 1. The van der Waals surface area contributed by atoms with Gasteiger partial charge in [0.05, 0.1) is 5.69 Å². The number of aromatic nitrogens is 2. The highest BCUT2D eigenvalue weighted by atomic mass is 19.1. The Morgan fingerprint density at radius 3 is 2.27 bits per heavy atom. The molecule has 222 valence electrons. The molecule has 2 heterocycles. The lowest BCUT2D eigenvalue weighted by atomic mass is 9.87. The maximum absolute atomic E-state index is 15.4. The zero-order chi connectivity index (χ0) is 29.3. The van der Waals surface area contributed by atoms with E-state index in [9.17, 15) is 14.4 Å². The topological polar surface area (TPSA) is 99.6 Å². The molecule has 0 spiro atoms. The molecule has 1 saturated heterocycles. The van der Waals surface area contributed by atoms with Crippen molar-refractivity contribution in [3.63, 3.8) is 0 Å². The zero-order valence-corrected chi connectivity index (χ0v) is 24.6. The second-order valence-electron chi connectivity index (χ2n) is 12.2. The first-order chi connectivity index (χ1) is 19.7. The average molecular weight is 567 g/mol. The highest BCUT2D eigenvalue weighted by Crippen LogP contribution is 2.51. The standard InChI is InChI=1S/C31H43FN6O3/c1-5-38-26(12-13-33-38)29(39)35-28(27(21-6-7-21)22-8-9-22)30(40)34-25-11-10-23(18-24(25)32)19(2)20(3)31(41)37-16-14-36(4)15-17-37/h10-13,18-22,27-28H,5-9,14-17H2,1-4H3,(H,34,40)(H,35,39)/t19-,20?,28+/m1/s1. The molecule has 2 aromatic rings. The molecule has 3 aliphatic rings. The SMILES string of the molecule is CCn1nccc1C(=O)N[C@H](C(=O)Nc1ccc([C@H](C)C(C)C(=O)N2CCN(C)CC2)cc1F)C(C1CC1)C1CC1. The van der Waals surface area contributed by atoms with E-state index < -0.39 is 17.8 Å². The van der Waals surface area contributed by atoms with Crippen LogP contribution in [0.3, 0.4) is 0 Å². The first-order valence-electron chi connectivity index (χ1n) is 15.1. The molecule has 2 saturated carbocycles. The van der Waals surface area contributed by atoms with Crippen molar-refractivity contribution in [1.29, 1.82) is 0 Å². The molecule has 2 N–H and O–H groups in total. The number of nitrogens with one attached hydrogen (secondary N) is 2. The number of halogens is 1. The van der Waals surface area contributed by atoms with Crippen molar-refractivity contribution in [3.05, 3.63) is 47.5 Å². The third-order valence-corrected chi connectivity index (χ3v) is 9.27. The summed E-state index contributed by atoms with van der Waals surface area (Å²) in [4.78, 5) is 44.1. The van der Waals surface area contributed by atoms with Gasteiger partial charge in [-0.25, -0.2) is 4.39 Å². The van der Waals surface area contributed by atoms with Gasteiger partial charge in [-0.2, -0.15) is 5.10 Å². The van der Waals surface area contributed by atoms with Crippen molar-refractivity contribution in [2.75, 3.05) is 38.5 Å². The third-order valence-electron chi connectivity index (χ3n) is 9.27. The van der Waals surface area contributed by atoms with Gasteiger partial charge in [0.2, 0.25) is 11.8 Å². The highest BCUT2D eigenvalue weighted by molar-refractivity contribution is 6.00. The van der Waals surface area contributed by atoms with Gasteiger partial charge in [0, 0.05) is 44.8 Å². The molecular weight excluding hydrogens is 523 g/mol. The smallest absolute Gasteiger partial charge is 0.270 e. The van der Waals surface area contributed by atoms with Crippen LogP contribution in [0.2, 0.25) is 0 Å². The van der Waals surface area contributed by atoms with Crippen molar-refractivity contribution in [2.24, 2.45) is 23.7 Å². The second kappa shape index (κ2) is 12.3. The molecule has 1 aliphatic heterocycles. The summed E-state index contributed by atoms with van der Waals surface area (Å²) in [5.74, 6) is -0.895. The molecule has 0 bridgehead atoms. The molecule has 1 unspecified atom stereocenters. The molecule has 1 aromatic carbocycles. The minimum atomic E-state index is -0.762. The van der Waals surface area contributed by atoms with E-state index in [1.54, 1.807) is 29.1 Å². The monoisotopic (exact) mass is 566 g/mol. The number of likely N-dealkylation sites (N-methyl/N-ethyl adjacent to an activating group) is 1. The molecule has 2 aliphatic carbocycles. The Kier molecular flexibility index (Phi) is 8.77. The number of piperazine rings is 1. The summed E-state index contributed by atoms with van der Waals surface area (Å²) in [6.45, 7) is 9.38. The van der Waals surface area contributed by atoms with Crippen LogP contribution < -0.4 is 10.6 Å². The van der Waals surface area contributed by atoms with E-state index in [1.807, 2.05) is 32.7 Å². The molecule has 9 nitrogen and oxygen atoms in total. The molecule has 10 heteroatoms. The molecule has 5 rings (SSSR count). The number of carbonyl (C=O) groups excluding carboxylic acids is 3. The van der Waals surface area contributed by atoms with Gasteiger partial charge < -0.3 is 20.4 Å². The summed E-state index contributed by atoms with van der Waals surface area (Å²) in [5, 5.41) is 9.95. The highest BCUT2D eigenvalue weighted by Gasteiger charge is 2.48. The van der Waals surface area contributed by atoms with Crippen molar-refractivity contribution >= 4 is 23.4 Å². The lowest BCUT2D eigenvalue weighted by molar-refractivity contribution is -0.137. The van der Waals surface area contributed by atoms with Gasteiger partial charge in [-0.05, 0) is 87.1 Å². The molecule has 0 radical (unpaired) electrons. The Morgan fingerprint density at radius 1 is 1.02 bits per heavy atom. The maximum atomic E-state index is 15.4. The van der Waals surface area contributed by atoms with Crippen LogP contribution in [0.4, 0.5) is 10.1 Å². The van der Waals surface area contributed by atoms with E-state index in [-0.39, 0.29) is 35.3 Å². The average Bonchev–Trinajstić information content (AvgIpc) is 3.92. The Bertz CT molecular complexity index is 1250. The number of rotatable bonds is 11. The number of hydrogen-bond acceptors (Lipinski definition) is 5. The van der Waals surface area contributed by atoms with Crippen molar-refractivity contribution in [1.82, 2.24) is 24.9 Å². The van der Waals surface area contributed by atoms with Gasteiger partial charge in [0.15, 0.2) is 0 Å². The summed E-state index contributed by atoms with van der Waals surface area (Å²) in [5.41, 5.74) is 1.19. The van der Waals surface area contributed by atoms with E-state index in [4.69, 9.17) is 0 Å². The largest absolute Gasteiger partial charge is 0.340 e. The van der Waals surface area contributed by atoms with Crippen molar-refractivity contribution in [3.8, 4) is 0 Å². The summed E-state index contributed by atoms with van der Waals surface area (Å²) >= 11 is 0. The van der Waals surface area contributed by atoms with Crippen LogP contribution in [-0.2, 0) is 16.1 Å². The fourth-order valence-corrected chi connectivity index (χ4v) is 6.16. The lowest BCUT2D eigenvalue weighted by Crippen LogP contribution is -2.50. The Labute approximate surface area is 241 Å². The van der Waals surface area contributed by atoms with Gasteiger partial charge in [-0.15, -0.1) is 0 Å². The van der Waals surface area contributed by atoms with Crippen LogP contribution in [-0.4, -0.2) is 76.6 Å². The first-order valence-corrected chi connectivity index (χ1v) is 15.1. The molecular formula is C31H43FN6O3. The number of aryl methyl sites for hydroxylation is 1. The van der Waals surface area contributed by atoms with E-state index in [0.717, 1.165) is 38.8 Å². The van der Waals surface area contributed by atoms with Crippen molar-refractivity contribution < 1.29 is 18.8 Å². The number of anilines is 1. The first kappa shape index (κ1) is 29.2. The van der Waals surface area contributed by atoms with E-state index >= 15 is 4.39 Å². The van der Waals surface area contributed by atoms with Gasteiger partial charge in [-0.3, -0.25) is 19.1 Å². The number of nitrogens with zero attached hydrogens (tertiary/aromatic N) is 4. The summed E-state index contributed by atoms with van der Waals surface area (Å²) in [6, 6.07) is 5.65. The van der Waals surface area contributed by atoms with Crippen LogP contribution in [0.1, 0.15) is 68.4 Å². The van der Waals surface area contributed by atoms with E-state index in [1.165, 1.54) is 6.07 Å². The van der Waals surface area contributed by atoms with Crippen LogP contribution in [0.25, 0.3) is 0 Å². The van der Waals surface area contributed by atoms with Crippen molar-refractivity contribution in [2.45, 2.75) is 65.0 Å². The molecule has 1 aromatic heterocycles. The number of carbonyl (C=O) groups is 3. The quantitative estimate of drug-likeness (QED) is 0.432. The predicted molar refractivity (Wildman–Crippen MR) is 155 cm³/mol.